The fourth-order valence-electron chi connectivity index (χ4n) is 2.53. The highest BCUT2D eigenvalue weighted by Crippen LogP contribution is 2.35. The Balaban J connectivity index is 1.64. The van der Waals surface area contributed by atoms with E-state index in [1.54, 1.807) is 29.7 Å². The molecule has 21 heavy (non-hydrogen) atoms. The Morgan fingerprint density at radius 2 is 2.38 bits per heavy atom. The molecule has 3 heterocycles. The van der Waals surface area contributed by atoms with Crippen molar-refractivity contribution in [2.75, 3.05) is 12.3 Å². The van der Waals surface area contributed by atoms with Crippen molar-refractivity contribution in [2.24, 2.45) is 0 Å². The lowest BCUT2D eigenvalue weighted by Gasteiger charge is -2.23. The average molecular weight is 339 g/mol. The van der Waals surface area contributed by atoms with Crippen molar-refractivity contribution in [1.82, 2.24) is 9.88 Å². The zero-order valence-corrected chi connectivity index (χ0v) is 13.8. The summed E-state index contributed by atoms with van der Waals surface area (Å²) in [5.41, 5.74) is 0. The van der Waals surface area contributed by atoms with Crippen molar-refractivity contribution in [1.29, 1.82) is 0 Å². The SMILES string of the molecule is O=C(CSc1ncccc1Cl)N1CCCC1c1cccs1. The number of thiophene rings is 1. The van der Waals surface area contributed by atoms with Gasteiger partial charge in [-0.1, -0.05) is 29.4 Å². The molecule has 0 saturated carbocycles. The molecule has 1 aliphatic rings. The van der Waals surface area contributed by atoms with Crippen LogP contribution in [-0.2, 0) is 4.79 Å². The number of aromatic nitrogens is 1. The first-order chi connectivity index (χ1) is 10.3. The van der Waals surface area contributed by atoms with Crippen LogP contribution in [0.2, 0.25) is 5.02 Å². The standard InChI is InChI=1S/C15H15ClN2OS2/c16-11-4-1-7-17-15(11)21-10-14(19)18-8-2-5-12(18)13-6-3-9-20-13/h1,3-4,6-7,9,12H,2,5,8,10H2. The Morgan fingerprint density at radius 3 is 3.14 bits per heavy atom. The second kappa shape index (κ2) is 6.81. The predicted octanol–water partition coefficient (Wildman–Crippen LogP) is 4.25. The van der Waals surface area contributed by atoms with Gasteiger partial charge in [0.1, 0.15) is 5.03 Å². The van der Waals surface area contributed by atoms with E-state index >= 15 is 0 Å². The van der Waals surface area contributed by atoms with Gasteiger partial charge < -0.3 is 4.90 Å². The zero-order valence-electron chi connectivity index (χ0n) is 11.4. The largest absolute Gasteiger partial charge is 0.334 e. The highest BCUT2D eigenvalue weighted by molar-refractivity contribution is 8.00. The minimum atomic E-state index is 0.164. The van der Waals surface area contributed by atoms with Crippen LogP contribution in [-0.4, -0.2) is 28.1 Å². The topological polar surface area (TPSA) is 33.2 Å². The molecule has 3 nitrogen and oxygen atoms in total. The lowest BCUT2D eigenvalue weighted by molar-refractivity contribution is -0.129. The maximum atomic E-state index is 12.5. The van der Waals surface area contributed by atoms with E-state index in [1.807, 2.05) is 11.0 Å². The van der Waals surface area contributed by atoms with Gasteiger partial charge in [0.15, 0.2) is 0 Å². The van der Waals surface area contributed by atoms with Gasteiger partial charge in [0.2, 0.25) is 5.91 Å². The van der Waals surface area contributed by atoms with Gasteiger partial charge in [0.25, 0.3) is 0 Å². The molecule has 3 rings (SSSR count). The van der Waals surface area contributed by atoms with Crippen LogP contribution in [0.4, 0.5) is 0 Å². The van der Waals surface area contributed by atoms with Gasteiger partial charge in [0, 0.05) is 17.6 Å². The van der Waals surface area contributed by atoms with E-state index in [0.717, 1.165) is 24.4 Å². The molecular formula is C15H15ClN2OS2. The van der Waals surface area contributed by atoms with Crippen LogP contribution in [0, 0.1) is 0 Å². The number of carbonyl (C=O) groups is 1. The Hall–Kier alpha value is -1.04. The fourth-order valence-corrected chi connectivity index (χ4v) is 4.46. The molecule has 0 aromatic carbocycles. The lowest BCUT2D eigenvalue weighted by atomic mass is 10.2. The van der Waals surface area contributed by atoms with Crippen LogP contribution in [0.1, 0.15) is 23.8 Å². The first-order valence-electron chi connectivity index (χ1n) is 6.82. The number of nitrogens with zero attached hydrogens (tertiary/aromatic N) is 2. The van der Waals surface area contributed by atoms with Crippen molar-refractivity contribution >= 4 is 40.6 Å². The molecule has 2 aromatic heterocycles. The molecule has 0 N–H and O–H groups in total. The number of halogens is 1. The van der Waals surface area contributed by atoms with Crippen molar-refractivity contribution in [3.05, 3.63) is 45.7 Å². The zero-order chi connectivity index (χ0) is 14.7. The smallest absolute Gasteiger partial charge is 0.233 e. The molecule has 1 aliphatic heterocycles. The maximum absolute atomic E-state index is 12.5. The van der Waals surface area contributed by atoms with Crippen LogP contribution in [0.15, 0.2) is 40.9 Å². The molecule has 1 fully saturated rings. The third-order valence-electron chi connectivity index (χ3n) is 3.50. The van der Waals surface area contributed by atoms with E-state index in [9.17, 15) is 4.79 Å². The van der Waals surface area contributed by atoms with Gasteiger partial charge in [0.05, 0.1) is 16.8 Å². The lowest BCUT2D eigenvalue weighted by Crippen LogP contribution is -2.31. The second-order valence-corrected chi connectivity index (χ2v) is 7.19. The van der Waals surface area contributed by atoms with E-state index in [1.165, 1.54) is 16.6 Å². The number of thioether (sulfide) groups is 1. The molecule has 2 aromatic rings. The molecule has 1 saturated heterocycles. The highest BCUT2D eigenvalue weighted by Gasteiger charge is 2.30. The summed E-state index contributed by atoms with van der Waals surface area (Å²) in [4.78, 5) is 20.0. The number of pyridine rings is 1. The van der Waals surface area contributed by atoms with Crippen molar-refractivity contribution in [3.8, 4) is 0 Å². The van der Waals surface area contributed by atoms with Gasteiger partial charge in [-0.2, -0.15) is 0 Å². The Morgan fingerprint density at radius 1 is 1.48 bits per heavy atom. The quantitative estimate of drug-likeness (QED) is 0.781. The van der Waals surface area contributed by atoms with E-state index in [-0.39, 0.29) is 11.9 Å². The van der Waals surface area contributed by atoms with E-state index in [4.69, 9.17) is 11.6 Å². The molecule has 1 amide bonds. The number of carbonyl (C=O) groups excluding carboxylic acids is 1. The summed E-state index contributed by atoms with van der Waals surface area (Å²) >= 11 is 9.21. The monoisotopic (exact) mass is 338 g/mol. The minimum Gasteiger partial charge on any atom is -0.334 e. The van der Waals surface area contributed by atoms with E-state index in [0.29, 0.717) is 10.8 Å². The summed E-state index contributed by atoms with van der Waals surface area (Å²) in [7, 11) is 0. The summed E-state index contributed by atoms with van der Waals surface area (Å²) < 4.78 is 0. The minimum absolute atomic E-state index is 0.164. The number of hydrogen-bond acceptors (Lipinski definition) is 4. The van der Waals surface area contributed by atoms with Crippen molar-refractivity contribution in [2.45, 2.75) is 23.9 Å². The molecule has 0 aliphatic carbocycles. The number of rotatable bonds is 4. The molecule has 1 atom stereocenters. The van der Waals surface area contributed by atoms with Gasteiger partial charge in [-0.15, -0.1) is 11.3 Å². The number of hydrogen-bond donors (Lipinski definition) is 0. The van der Waals surface area contributed by atoms with Gasteiger partial charge in [-0.25, -0.2) is 4.98 Å². The predicted molar refractivity (Wildman–Crippen MR) is 88.0 cm³/mol. The summed E-state index contributed by atoms with van der Waals surface area (Å²) in [6, 6.07) is 8.00. The molecule has 0 spiro atoms. The molecule has 0 bridgehead atoms. The van der Waals surface area contributed by atoms with E-state index in [2.05, 4.69) is 16.4 Å². The summed E-state index contributed by atoms with van der Waals surface area (Å²) in [6.45, 7) is 0.845. The first-order valence-corrected chi connectivity index (χ1v) is 9.06. The van der Waals surface area contributed by atoms with Gasteiger partial charge in [-0.05, 0) is 36.4 Å². The average Bonchev–Trinajstić information content (AvgIpc) is 3.16. The van der Waals surface area contributed by atoms with E-state index < -0.39 is 0 Å². The third-order valence-corrected chi connectivity index (χ3v) is 5.88. The third kappa shape index (κ3) is 3.42. The van der Waals surface area contributed by atoms with Crippen molar-refractivity contribution < 1.29 is 4.79 Å². The Labute approximate surface area is 137 Å². The first kappa shape index (κ1) is 14.9. The van der Waals surface area contributed by atoms with Crippen molar-refractivity contribution in [3.63, 3.8) is 0 Å². The van der Waals surface area contributed by atoms with Crippen LogP contribution < -0.4 is 0 Å². The van der Waals surface area contributed by atoms with Crippen LogP contribution in [0.5, 0.6) is 0 Å². The molecule has 0 radical (unpaired) electrons. The van der Waals surface area contributed by atoms with Crippen LogP contribution >= 0.6 is 34.7 Å². The molecule has 110 valence electrons. The highest BCUT2D eigenvalue weighted by atomic mass is 35.5. The van der Waals surface area contributed by atoms with Crippen LogP contribution in [0.25, 0.3) is 0 Å². The number of likely N-dealkylation sites (tertiary alicyclic amines) is 1. The summed E-state index contributed by atoms with van der Waals surface area (Å²) in [6.07, 6.45) is 3.83. The fraction of sp³-hybridized carbons (Fsp3) is 0.333. The normalized spacial score (nSPS) is 18.1. The second-order valence-electron chi connectivity index (χ2n) is 4.84. The molecule has 1 unspecified atom stereocenters. The Kier molecular flexibility index (Phi) is 4.83. The van der Waals surface area contributed by atoms with Gasteiger partial charge >= 0.3 is 0 Å². The summed E-state index contributed by atoms with van der Waals surface area (Å²) in [5, 5.41) is 3.39. The molecule has 6 heteroatoms. The maximum Gasteiger partial charge on any atom is 0.233 e. The molecular weight excluding hydrogens is 324 g/mol. The van der Waals surface area contributed by atoms with Gasteiger partial charge in [-0.3, -0.25) is 4.79 Å². The summed E-state index contributed by atoms with van der Waals surface area (Å²) in [5.74, 6) is 0.552. The number of amides is 1. The van der Waals surface area contributed by atoms with Crippen LogP contribution in [0.3, 0.4) is 0 Å². The Bertz CT molecular complexity index is 618.